The summed E-state index contributed by atoms with van der Waals surface area (Å²) in [6.45, 7) is 0. The van der Waals surface area contributed by atoms with Crippen molar-refractivity contribution in [1.82, 2.24) is 14.9 Å². The zero-order valence-electron chi connectivity index (χ0n) is 9.74. The number of ether oxygens (including phenoxy) is 1. The van der Waals surface area contributed by atoms with E-state index in [0.717, 1.165) is 5.56 Å². The molecule has 0 saturated heterocycles. The Kier molecular flexibility index (Phi) is 3.83. The third-order valence-electron chi connectivity index (χ3n) is 2.24. The van der Waals surface area contributed by atoms with Crippen LogP contribution in [0.15, 0.2) is 35.5 Å². The summed E-state index contributed by atoms with van der Waals surface area (Å²) < 4.78 is 5.91. The quantitative estimate of drug-likeness (QED) is 0.502. The topological polar surface area (TPSA) is 83.0 Å². The molecule has 1 heterocycles. The van der Waals surface area contributed by atoms with Crippen LogP contribution in [-0.4, -0.2) is 33.7 Å². The van der Waals surface area contributed by atoms with E-state index in [4.69, 9.17) is 5.84 Å². The van der Waals surface area contributed by atoms with Crippen molar-refractivity contribution < 1.29 is 9.53 Å². The zero-order chi connectivity index (χ0) is 13.0. The van der Waals surface area contributed by atoms with Crippen LogP contribution in [0.3, 0.4) is 0 Å². The number of carbonyl (C=O) groups excluding carboxylic acids is 1. The van der Waals surface area contributed by atoms with Gasteiger partial charge in [-0.2, -0.15) is 0 Å². The first kappa shape index (κ1) is 12.4. The SMILES string of the molecule is COC(=O)CSc1nnc(-c2ccccc2)n1N. The highest BCUT2D eigenvalue weighted by Gasteiger charge is 2.13. The van der Waals surface area contributed by atoms with E-state index in [1.54, 1.807) is 0 Å². The molecule has 7 heteroatoms. The highest BCUT2D eigenvalue weighted by molar-refractivity contribution is 7.99. The lowest BCUT2D eigenvalue weighted by atomic mass is 10.2. The molecule has 0 fully saturated rings. The lowest BCUT2D eigenvalue weighted by Gasteiger charge is -2.02. The fourth-order valence-electron chi connectivity index (χ4n) is 1.34. The maximum absolute atomic E-state index is 11.0. The van der Waals surface area contributed by atoms with Crippen molar-refractivity contribution in [2.45, 2.75) is 5.16 Å². The van der Waals surface area contributed by atoms with Gasteiger partial charge < -0.3 is 10.6 Å². The average molecular weight is 264 g/mol. The van der Waals surface area contributed by atoms with E-state index in [0.29, 0.717) is 11.0 Å². The minimum Gasteiger partial charge on any atom is -0.468 e. The molecule has 2 N–H and O–H groups in total. The number of hydrogen-bond acceptors (Lipinski definition) is 6. The van der Waals surface area contributed by atoms with Crippen LogP contribution in [0.1, 0.15) is 0 Å². The molecule has 6 nitrogen and oxygen atoms in total. The number of rotatable bonds is 4. The summed E-state index contributed by atoms with van der Waals surface area (Å²) in [6.07, 6.45) is 0. The third kappa shape index (κ3) is 2.62. The van der Waals surface area contributed by atoms with Crippen LogP contribution in [-0.2, 0) is 9.53 Å². The number of esters is 1. The summed E-state index contributed by atoms with van der Waals surface area (Å²) in [5.41, 5.74) is 0.873. The Hall–Kier alpha value is -2.02. The molecular formula is C11H12N4O2S. The predicted octanol–water partition coefficient (Wildman–Crippen LogP) is 0.924. The Morgan fingerprint density at radius 2 is 2.11 bits per heavy atom. The molecule has 0 atom stereocenters. The molecule has 2 rings (SSSR count). The molecule has 0 radical (unpaired) electrons. The number of hydrogen-bond donors (Lipinski definition) is 1. The number of nitrogens with zero attached hydrogens (tertiary/aromatic N) is 3. The number of methoxy groups -OCH3 is 1. The lowest BCUT2D eigenvalue weighted by Crippen LogP contribution is -2.13. The number of aromatic nitrogens is 3. The maximum Gasteiger partial charge on any atom is 0.316 e. The van der Waals surface area contributed by atoms with Crippen molar-refractivity contribution >= 4 is 17.7 Å². The highest BCUT2D eigenvalue weighted by atomic mass is 32.2. The van der Waals surface area contributed by atoms with Gasteiger partial charge in [-0.15, -0.1) is 10.2 Å². The van der Waals surface area contributed by atoms with Gasteiger partial charge in [-0.3, -0.25) is 4.79 Å². The molecule has 0 bridgehead atoms. The Bertz CT molecular complexity index is 541. The fourth-order valence-corrected chi connectivity index (χ4v) is 2.03. The van der Waals surface area contributed by atoms with E-state index in [1.165, 1.54) is 23.5 Å². The number of carbonyl (C=O) groups is 1. The molecule has 0 aliphatic carbocycles. The van der Waals surface area contributed by atoms with Gasteiger partial charge in [-0.05, 0) is 0 Å². The van der Waals surface area contributed by atoms with E-state index in [9.17, 15) is 4.79 Å². The van der Waals surface area contributed by atoms with E-state index in [-0.39, 0.29) is 11.7 Å². The van der Waals surface area contributed by atoms with E-state index in [1.807, 2.05) is 30.3 Å². The highest BCUT2D eigenvalue weighted by Crippen LogP contribution is 2.21. The Labute approximate surface area is 108 Å². The molecule has 0 aliphatic heterocycles. The van der Waals surface area contributed by atoms with Crippen molar-refractivity contribution in [3.8, 4) is 11.4 Å². The van der Waals surface area contributed by atoms with Crippen molar-refractivity contribution in [1.29, 1.82) is 0 Å². The Balaban J connectivity index is 2.17. The van der Waals surface area contributed by atoms with Gasteiger partial charge in [0.25, 0.3) is 0 Å². The number of thioether (sulfide) groups is 1. The minimum atomic E-state index is -0.329. The molecule has 0 spiro atoms. The monoisotopic (exact) mass is 264 g/mol. The smallest absolute Gasteiger partial charge is 0.316 e. The maximum atomic E-state index is 11.0. The summed E-state index contributed by atoms with van der Waals surface area (Å²) >= 11 is 1.19. The fraction of sp³-hybridized carbons (Fsp3) is 0.182. The van der Waals surface area contributed by atoms with Gasteiger partial charge in [-0.1, -0.05) is 42.1 Å². The van der Waals surface area contributed by atoms with Crippen LogP contribution in [0.2, 0.25) is 0 Å². The van der Waals surface area contributed by atoms with Crippen molar-refractivity contribution in [2.75, 3.05) is 18.7 Å². The van der Waals surface area contributed by atoms with Gasteiger partial charge in [0, 0.05) is 5.56 Å². The van der Waals surface area contributed by atoms with Gasteiger partial charge in [0.05, 0.1) is 12.9 Å². The van der Waals surface area contributed by atoms with Gasteiger partial charge in [0.2, 0.25) is 5.16 Å². The number of nitrogen functional groups attached to an aromatic ring is 1. The largest absolute Gasteiger partial charge is 0.468 e. The molecule has 0 amide bonds. The molecule has 2 aromatic rings. The summed E-state index contributed by atoms with van der Waals surface area (Å²) in [7, 11) is 1.34. The van der Waals surface area contributed by atoms with Crippen LogP contribution in [0.25, 0.3) is 11.4 Å². The van der Waals surface area contributed by atoms with Crippen molar-refractivity contribution in [3.05, 3.63) is 30.3 Å². The third-order valence-corrected chi connectivity index (χ3v) is 3.16. The molecule has 0 saturated carbocycles. The van der Waals surface area contributed by atoms with Crippen molar-refractivity contribution in [2.24, 2.45) is 0 Å². The van der Waals surface area contributed by atoms with Crippen LogP contribution in [0.4, 0.5) is 0 Å². The van der Waals surface area contributed by atoms with Gasteiger partial charge in [-0.25, -0.2) is 4.68 Å². The average Bonchev–Trinajstić information content (AvgIpc) is 2.78. The van der Waals surface area contributed by atoms with E-state index < -0.39 is 0 Å². The molecule has 0 unspecified atom stereocenters. The van der Waals surface area contributed by atoms with Gasteiger partial charge >= 0.3 is 5.97 Å². The first-order chi connectivity index (χ1) is 8.72. The lowest BCUT2D eigenvalue weighted by molar-refractivity contribution is -0.137. The van der Waals surface area contributed by atoms with Crippen LogP contribution >= 0.6 is 11.8 Å². The summed E-state index contributed by atoms with van der Waals surface area (Å²) in [4.78, 5) is 11.0. The Morgan fingerprint density at radius 3 is 2.78 bits per heavy atom. The summed E-state index contributed by atoms with van der Waals surface area (Å²) in [5, 5.41) is 8.42. The van der Waals surface area contributed by atoms with Gasteiger partial charge in [0.1, 0.15) is 0 Å². The minimum absolute atomic E-state index is 0.153. The number of benzene rings is 1. The molecular weight excluding hydrogens is 252 g/mol. The second-order valence-electron chi connectivity index (χ2n) is 3.41. The summed E-state index contributed by atoms with van der Waals surface area (Å²) in [5.74, 6) is 6.26. The molecule has 0 aliphatic rings. The van der Waals surface area contributed by atoms with Crippen molar-refractivity contribution in [3.63, 3.8) is 0 Å². The van der Waals surface area contributed by atoms with E-state index in [2.05, 4.69) is 14.9 Å². The number of nitrogens with two attached hydrogens (primary N) is 1. The second kappa shape index (κ2) is 5.54. The van der Waals surface area contributed by atoms with Crippen LogP contribution in [0.5, 0.6) is 0 Å². The first-order valence-corrected chi connectivity index (χ1v) is 6.16. The van der Waals surface area contributed by atoms with E-state index >= 15 is 0 Å². The summed E-state index contributed by atoms with van der Waals surface area (Å²) in [6, 6.07) is 9.48. The van der Waals surface area contributed by atoms with Crippen LogP contribution < -0.4 is 5.84 Å². The Morgan fingerprint density at radius 1 is 1.39 bits per heavy atom. The normalized spacial score (nSPS) is 10.3. The second-order valence-corrected chi connectivity index (χ2v) is 4.35. The standard InChI is InChI=1S/C11H12N4O2S/c1-17-9(16)7-18-11-14-13-10(15(11)12)8-5-3-2-4-6-8/h2-6H,7,12H2,1H3. The predicted molar refractivity (Wildman–Crippen MR) is 68.3 cm³/mol. The molecule has 1 aromatic heterocycles. The van der Waals surface area contributed by atoms with Crippen LogP contribution in [0, 0.1) is 0 Å². The first-order valence-electron chi connectivity index (χ1n) is 5.18. The molecule has 1 aromatic carbocycles. The molecule has 18 heavy (non-hydrogen) atoms. The van der Waals surface area contributed by atoms with Gasteiger partial charge in [0.15, 0.2) is 5.82 Å². The zero-order valence-corrected chi connectivity index (χ0v) is 10.6. The molecule has 94 valence electrons.